The number of nitrogens with zero attached hydrogens (tertiary/aromatic N) is 4. The Morgan fingerprint density at radius 3 is 2.67 bits per heavy atom. The molecule has 0 spiro atoms. The molecule has 1 atom stereocenters. The fourth-order valence-corrected chi connectivity index (χ4v) is 3.84. The molecule has 1 aromatic rings. The summed E-state index contributed by atoms with van der Waals surface area (Å²) >= 11 is 0. The molecule has 1 amide bonds. The van der Waals surface area contributed by atoms with Gasteiger partial charge in [-0.25, -0.2) is 4.98 Å². The number of hydrogen-bond acceptors (Lipinski definition) is 4. The molecular formula is C19H30N4O. The van der Waals surface area contributed by atoms with Gasteiger partial charge in [0.1, 0.15) is 5.82 Å². The van der Waals surface area contributed by atoms with Crippen LogP contribution in [0, 0.1) is 11.8 Å². The van der Waals surface area contributed by atoms with Crippen LogP contribution in [0.2, 0.25) is 0 Å². The van der Waals surface area contributed by atoms with Crippen LogP contribution in [-0.4, -0.2) is 66.5 Å². The van der Waals surface area contributed by atoms with E-state index in [1.807, 2.05) is 26.1 Å². The highest BCUT2D eigenvalue weighted by atomic mass is 16.2. The lowest BCUT2D eigenvalue weighted by Crippen LogP contribution is -2.50. The van der Waals surface area contributed by atoms with Crippen molar-refractivity contribution in [3.8, 4) is 0 Å². The third-order valence-corrected chi connectivity index (χ3v) is 5.19. The summed E-state index contributed by atoms with van der Waals surface area (Å²) in [5.74, 6) is 2.15. The number of amides is 1. The molecule has 0 radical (unpaired) electrons. The second-order valence-corrected chi connectivity index (χ2v) is 7.42. The van der Waals surface area contributed by atoms with Crippen molar-refractivity contribution >= 4 is 11.7 Å². The maximum absolute atomic E-state index is 12.2. The maximum atomic E-state index is 12.2. The van der Waals surface area contributed by atoms with Gasteiger partial charge in [0.25, 0.3) is 0 Å². The van der Waals surface area contributed by atoms with E-state index in [1.165, 1.54) is 6.42 Å². The zero-order chi connectivity index (χ0) is 16.9. The lowest BCUT2D eigenvalue weighted by atomic mass is 9.96. The molecule has 24 heavy (non-hydrogen) atoms. The topological polar surface area (TPSA) is 39.7 Å². The van der Waals surface area contributed by atoms with Gasteiger partial charge in [-0.3, -0.25) is 9.69 Å². The van der Waals surface area contributed by atoms with Gasteiger partial charge < -0.3 is 9.80 Å². The minimum atomic E-state index is 0.116. The maximum Gasteiger partial charge on any atom is 0.225 e. The number of rotatable bonds is 4. The standard InChI is InChI=1S/C19H30N4O/c1-16(2)19(24)23-9-5-6-17(15-23)14-21-10-12-22(13-11-21)18-7-3-4-8-20-18/h3-4,7-8,16-17H,5-6,9-15H2,1-2H3/t17-/m0/s1. The molecule has 2 aliphatic heterocycles. The number of carbonyl (C=O) groups is 1. The van der Waals surface area contributed by atoms with Crippen molar-refractivity contribution in [2.45, 2.75) is 26.7 Å². The van der Waals surface area contributed by atoms with Gasteiger partial charge in [-0.2, -0.15) is 0 Å². The minimum absolute atomic E-state index is 0.116. The third kappa shape index (κ3) is 4.26. The molecule has 3 rings (SSSR count). The van der Waals surface area contributed by atoms with Gasteiger partial charge in [-0.15, -0.1) is 0 Å². The highest BCUT2D eigenvalue weighted by Gasteiger charge is 2.27. The average Bonchev–Trinajstić information content (AvgIpc) is 2.62. The number of piperidine rings is 1. The summed E-state index contributed by atoms with van der Waals surface area (Å²) in [6.45, 7) is 11.3. The van der Waals surface area contributed by atoms with Gasteiger partial charge >= 0.3 is 0 Å². The van der Waals surface area contributed by atoms with E-state index in [9.17, 15) is 4.79 Å². The normalized spacial score (nSPS) is 22.9. The Kier molecular flexibility index (Phi) is 5.72. The monoisotopic (exact) mass is 330 g/mol. The van der Waals surface area contributed by atoms with Crippen LogP contribution in [0.5, 0.6) is 0 Å². The van der Waals surface area contributed by atoms with Crippen molar-refractivity contribution in [2.75, 3.05) is 50.7 Å². The molecule has 3 heterocycles. The first-order valence-corrected chi connectivity index (χ1v) is 9.30. The van der Waals surface area contributed by atoms with Crippen molar-refractivity contribution in [3.63, 3.8) is 0 Å². The predicted octanol–water partition coefficient (Wildman–Crippen LogP) is 2.10. The molecule has 2 aliphatic rings. The second-order valence-electron chi connectivity index (χ2n) is 7.42. The lowest BCUT2D eigenvalue weighted by molar-refractivity contribution is -0.136. The van der Waals surface area contributed by atoms with E-state index < -0.39 is 0 Å². The van der Waals surface area contributed by atoms with Crippen LogP contribution in [0.25, 0.3) is 0 Å². The summed E-state index contributed by atoms with van der Waals surface area (Å²) in [7, 11) is 0. The van der Waals surface area contributed by atoms with E-state index in [-0.39, 0.29) is 5.92 Å². The second kappa shape index (κ2) is 7.97. The average molecular weight is 330 g/mol. The first-order valence-electron chi connectivity index (χ1n) is 9.30. The van der Waals surface area contributed by atoms with E-state index in [2.05, 4.69) is 31.8 Å². The van der Waals surface area contributed by atoms with Gasteiger partial charge in [0.05, 0.1) is 0 Å². The molecule has 132 valence electrons. The van der Waals surface area contributed by atoms with Crippen LogP contribution >= 0.6 is 0 Å². The van der Waals surface area contributed by atoms with Crippen molar-refractivity contribution < 1.29 is 4.79 Å². The van der Waals surface area contributed by atoms with Crippen molar-refractivity contribution in [3.05, 3.63) is 24.4 Å². The Hall–Kier alpha value is -1.62. The van der Waals surface area contributed by atoms with Crippen molar-refractivity contribution in [1.82, 2.24) is 14.8 Å². The summed E-state index contributed by atoms with van der Waals surface area (Å²) < 4.78 is 0. The van der Waals surface area contributed by atoms with E-state index in [0.29, 0.717) is 11.8 Å². The van der Waals surface area contributed by atoms with E-state index in [1.54, 1.807) is 0 Å². The molecule has 5 heteroatoms. The highest BCUT2D eigenvalue weighted by Crippen LogP contribution is 2.21. The third-order valence-electron chi connectivity index (χ3n) is 5.19. The van der Waals surface area contributed by atoms with Crippen LogP contribution < -0.4 is 4.90 Å². The smallest absolute Gasteiger partial charge is 0.225 e. The van der Waals surface area contributed by atoms with Crippen molar-refractivity contribution in [2.24, 2.45) is 11.8 Å². The number of aromatic nitrogens is 1. The number of anilines is 1. The quantitative estimate of drug-likeness (QED) is 0.848. The number of carbonyl (C=O) groups excluding carboxylic acids is 1. The highest BCUT2D eigenvalue weighted by molar-refractivity contribution is 5.78. The molecule has 0 N–H and O–H groups in total. The molecule has 2 fully saturated rings. The number of likely N-dealkylation sites (tertiary alicyclic amines) is 1. The van der Waals surface area contributed by atoms with Crippen LogP contribution in [0.4, 0.5) is 5.82 Å². The van der Waals surface area contributed by atoms with Gasteiger partial charge in [0.2, 0.25) is 5.91 Å². The minimum Gasteiger partial charge on any atom is -0.354 e. The van der Waals surface area contributed by atoms with E-state index in [0.717, 1.165) is 58.1 Å². The zero-order valence-corrected chi connectivity index (χ0v) is 15.0. The summed E-state index contributed by atoms with van der Waals surface area (Å²) in [6, 6.07) is 6.11. The first kappa shape index (κ1) is 17.2. The fourth-order valence-electron chi connectivity index (χ4n) is 3.84. The van der Waals surface area contributed by atoms with E-state index >= 15 is 0 Å². The van der Waals surface area contributed by atoms with Crippen LogP contribution in [0.3, 0.4) is 0 Å². The molecule has 0 bridgehead atoms. The molecule has 0 aromatic carbocycles. The number of pyridine rings is 1. The molecular weight excluding hydrogens is 300 g/mol. The predicted molar refractivity (Wildman–Crippen MR) is 97.0 cm³/mol. The number of hydrogen-bond donors (Lipinski definition) is 0. The SMILES string of the molecule is CC(C)C(=O)N1CCC[C@@H](CN2CCN(c3ccccn3)CC2)C1. The van der Waals surface area contributed by atoms with Gasteiger partial charge in [0, 0.05) is 57.9 Å². The van der Waals surface area contributed by atoms with Gasteiger partial charge in [-0.05, 0) is 30.9 Å². The molecule has 0 saturated carbocycles. The summed E-state index contributed by atoms with van der Waals surface area (Å²) in [6.07, 6.45) is 4.27. The summed E-state index contributed by atoms with van der Waals surface area (Å²) in [5, 5.41) is 0. The van der Waals surface area contributed by atoms with Crippen LogP contribution in [0.1, 0.15) is 26.7 Å². The Morgan fingerprint density at radius 2 is 2.00 bits per heavy atom. The molecule has 1 aromatic heterocycles. The fraction of sp³-hybridized carbons (Fsp3) is 0.684. The molecule has 5 nitrogen and oxygen atoms in total. The summed E-state index contributed by atoms with van der Waals surface area (Å²) in [4.78, 5) is 23.7. The van der Waals surface area contributed by atoms with Gasteiger partial charge in [0.15, 0.2) is 0 Å². The molecule has 0 unspecified atom stereocenters. The Balaban J connectivity index is 1.47. The van der Waals surface area contributed by atoms with Gasteiger partial charge in [-0.1, -0.05) is 19.9 Å². The van der Waals surface area contributed by atoms with Crippen LogP contribution in [-0.2, 0) is 4.79 Å². The Labute approximate surface area is 145 Å². The number of piperazine rings is 1. The van der Waals surface area contributed by atoms with Crippen LogP contribution in [0.15, 0.2) is 24.4 Å². The van der Waals surface area contributed by atoms with Crippen molar-refractivity contribution in [1.29, 1.82) is 0 Å². The molecule has 0 aliphatic carbocycles. The first-order chi connectivity index (χ1) is 11.6. The Bertz CT molecular complexity index is 525. The lowest BCUT2D eigenvalue weighted by Gasteiger charge is -2.40. The Morgan fingerprint density at radius 1 is 1.21 bits per heavy atom. The summed E-state index contributed by atoms with van der Waals surface area (Å²) in [5.41, 5.74) is 0. The van der Waals surface area contributed by atoms with E-state index in [4.69, 9.17) is 0 Å². The largest absolute Gasteiger partial charge is 0.354 e. The zero-order valence-electron chi connectivity index (χ0n) is 15.0. The molecule has 2 saturated heterocycles.